The number of hydrogen-bond donors (Lipinski definition) is 0. The summed E-state index contributed by atoms with van der Waals surface area (Å²) < 4.78 is 31.0. The summed E-state index contributed by atoms with van der Waals surface area (Å²) in [7, 11) is 1.37. The van der Waals surface area contributed by atoms with Crippen LogP contribution in [0.1, 0.15) is 18.6 Å². The SMILES string of the molecule is CCOC(=O)[C@@H]1OS(=O)O[C@H]1c1ccc(OC)cc1[N+](=O)[O-]. The number of esters is 1. The Balaban J connectivity index is 2.42. The second-order valence-electron chi connectivity index (χ2n) is 4.17. The molecule has 3 atom stereocenters. The third kappa shape index (κ3) is 3.24. The van der Waals surface area contributed by atoms with E-state index in [4.69, 9.17) is 17.8 Å². The molecular weight excluding hydrogens is 318 g/mol. The summed E-state index contributed by atoms with van der Waals surface area (Å²) in [6, 6.07) is 4.01. The fraction of sp³-hybridized carbons (Fsp3) is 0.417. The lowest BCUT2D eigenvalue weighted by Crippen LogP contribution is -2.28. The van der Waals surface area contributed by atoms with Crippen molar-refractivity contribution in [2.24, 2.45) is 0 Å². The number of ether oxygens (including phenoxy) is 2. The van der Waals surface area contributed by atoms with Gasteiger partial charge in [0, 0.05) is 0 Å². The van der Waals surface area contributed by atoms with E-state index in [2.05, 4.69) is 0 Å². The molecule has 1 aliphatic heterocycles. The van der Waals surface area contributed by atoms with Crippen LogP contribution in [0.5, 0.6) is 5.75 Å². The van der Waals surface area contributed by atoms with Gasteiger partial charge in [-0.1, -0.05) is 0 Å². The van der Waals surface area contributed by atoms with Crippen LogP contribution in [0.3, 0.4) is 0 Å². The highest BCUT2D eigenvalue weighted by molar-refractivity contribution is 7.75. The second kappa shape index (κ2) is 6.81. The number of carbonyl (C=O) groups excluding carboxylic acids is 1. The lowest BCUT2D eigenvalue weighted by Gasteiger charge is -2.14. The van der Waals surface area contributed by atoms with E-state index in [1.54, 1.807) is 6.92 Å². The maximum absolute atomic E-state index is 11.8. The number of hydrogen-bond acceptors (Lipinski definition) is 8. The van der Waals surface area contributed by atoms with Crippen LogP contribution in [-0.2, 0) is 29.3 Å². The number of methoxy groups -OCH3 is 1. The summed E-state index contributed by atoms with van der Waals surface area (Å²) >= 11 is -2.19. The minimum atomic E-state index is -2.19. The monoisotopic (exact) mass is 331 g/mol. The molecular formula is C12H13NO8S. The minimum Gasteiger partial charge on any atom is -0.497 e. The normalized spacial score (nSPS) is 24.0. The van der Waals surface area contributed by atoms with Gasteiger partial charge in [-0.2, -0.15) is 4.21 Å². The van der Waals surface area contributed by atoms with Gasteiger partial charge in [-0.3, -0.25) is 14.3 Å². The molecule has 1 aromatic rings. The molecule has 1 unspecified atom stereocenters. The number of benzene rings is 1. The molecule has 1 heterocycles. The molecule has 1 saturated heterocycles. The van der Waals surface area contributed by atoms with E-state index in [9.17, 15) is 19.1 Å². The molecule has 1 fully saturated rings. The summed E-state index contributed by atoms with van der Waals surface area (Å²) in [4.78, 5) is 22.4. The zero-order valence-electron chi connectivity index (χ0n) is 11.7. The van der Waals surface area contributed by atoms with Gasteiger partial charge in [0.25, 0.3) is 5.69 Å². The average Bonchev–Trinajstić information content (AvgIpc) is 2.88. The summed E-state index contributed by atoms with van der Waals surface area (Å²) in [5.74, 6) is -0.536. The third-order valence-corrected chi connectivity index (χ3v) is 3.63. The number of carbonyl (C=O) groups is 1. The first kappa shape index (κ1) is 16.3. The molecule has 1 aliphatic rings. The van der Waals surface area contributed by atoms with E-state index in [1.165, 1.54) is 25.3 Å². The molecule has 120 valence electrons. The van der Waals surface area contributed by atoms with Crippen LogP contribution in [0, 0.1) is 10.1 Å². The molecule has 0 bridgehead atoms. The third-order valence-electron chi connectivity index (χ3n) is 2.90. The largest absolute Gasteiger partial charge is 0.497 e. The molecule has 2 rings (SSSR count). The van der Waals surface area contributed by atoms with Gasteiger partial charge in [0.05, 0.1) is 30.3 Å². The van der Waals surface area contributed by atoms with E-state index in [0.717, 1.165) is 0 Å². The molecule has 0 radical (unpaired) electrons. The fourth-order valence-electron chi connectivity index (χ4n) is 1.94. The van der Waals surface area contributed by atoms with Gasteiger partial charge in [0.2, 0.25) is 6.10 Å². The zero-order chi connectivity index (χ0) is 16.3. The Hall–Kier alpha value is -2.04. The van der Waals surface area contributed by atoms with E-state index in [0.29, 0.717) is 0 Å². The minimum absolute atomic E-state index is 0.0507. The van der Waals surface area contributed by atoms with Gasteiger partial charge >= 0.3 is 17.3 Å². The fourth-order valence-corrected chi connectivity index (χ4v) is 2.71. The van der Waals surface area contributed by atoms with Crippen LogP contribution < -0.4 is 4.74 Å². The van der Waals surface area contributed by atoms with Crippen molar-refractivity contribution in [3.8, 4) is 5.75 Å². The molecule has 22 heavy (non-hydrogen) atoms. The first-order valence-corrected chi connectivity index (χ1v) is 7.23. The van der Waals surface area contributed by atoms with Gasteiger partial charge in [-0.05, 0) is 19.1 Å². The number of nitro benzene ring substituents is 1. The molecule has 0 spiro atoms. The molecule has 1 aromatic carbocycles. The zero-order valence-corrected chi connectivity index (χ0v) is 12.5. The van der Waals surface area contributed by atoms with Crippen molar-refractivity contribution in [2.75, 3.05) is 13.7 Å². The van der Waals surface area contributed by atoms with Gasteiger partial charge < -0.3 is 9.47 Å². The molecule has 0 aromatic heterocycles. The number of nitrogens with zero attached hydrogens (tertiary/aromatic N) is 1. The number of rotatable bonds is 5. The van der Waals surface area contributed by atoms with Crippen molar-refractivity contribution in [1.82, 2.24) is 0 Å². The first-order valence-electron chi connectivity index (χ1n) is 6.23. The Morgan fingerprint density at radius 2 is 2.18 bits per heavy atom. The first-order chi connectivity index (χ1) is 10.5. The van der Waals surface area contributed by atoms with Crippen molar-refractivity contribution < 1.29 is 31.8 Å². The highest BCUT2D eigenvalue weighted by atomic mass is 32.2. The molecule has 0 aliphatic carbocycles. The van der Waals surface area contributed by atoms with Crippen LogP contribution in [0.2, 0.25) is 0 Å². The van der Waals surface area contributed by atoms with Crippen LogP contribution in [0.4, 0.5) is 5.69 Å². The topological polar surface area (TPSA) is 114 Å². The molecule has 0 N–H and O–H groups in total. The molecule has 0 amide bonds. The van der Waals surface area contributed by atoms with Gasteiger partial charge in [0.15, 0.2) is 0 Å². The Morgan fingerprint density at radius 1 is 1.45 bits per heavy atom. The summed E-state index contributed by atoms with van der Waals surface area (Å²) in [6.45, 7) is 1.68. The standard InChI is InChI=1S/C12H13NO8S/c1-3-19-12(14)11-10(20-22(17)21-11)8-5-4-7(18-2)6-9(8)13(15)16/h4-6,10-11H,3H2,1-2H3/t10-,11+,22?/m0/s1. The van der Waals surface area contributed by atoms with Crippen molar-refractivity contribution in [3.05, 3.63) is 33.9 Å². The van der Waals surface area contributed by atoms with Crippen LogP contribution in [0.25, 0.3) is 0 Å². The summed E-state index contributed by atoms with van der Waals surface area (Å²) in [6.07, 6.45) is -2.54. The smallest absolute Gasteiger partial charge is 0.339 e. The lowest BCUT2D eigenvalue weighted by atomic mass is 10.0. The maximum atomic E-state index is 11.8. The molecule has 10 heteroatoms. The molecule has 9 nitrogen and oxygen atoms in total. The van der Waals surface area contributed by atoms with Crippen LogP contribution >= 0.6 is 0 Å². The Kier molecular flexibility index (Phi) is 5.06. The van der Waals surface area contributed by atoms with Gasteiger partial charge in [-0.15, -0.1) is 0 Å². The van der Waals surface area contributed by atoms with Crippen LogP contribution in [0.15, 0.2) is 18.2 Å². The van der Waals surface area contributed by atoms with Crippen LogP contribution in [-0.4, -0.2) is 34.9 Å². The van der Waals surface area contributed by atoms with Gasteiger partial charge in [-0.25, -0.2) is 8.98 Å². The van der Waals surface area contributed by atoms with E-state index < -0.39 is 34.5 Å². The van der Waals surface area contributed by atoms with E-state index in [1.807, 2.05) is 0 Å². The van der Waals surface area contributed by atoms with Crippen molar-refractivity contribution in [2.45, 2.75) is 19.1 Å². The quantitative estimate of drug-likeness (QED) is 0.449. The number of nitro groups is 1. The maximum Gasteiger partial charge on any atom is 0.339 e. The van der Waals surface area contributed by atoms with Crippen molar-refractivity contribution in [1.29, 1.82) is 0 Å². The average molecular weight is 331 g/mol. The van der Waals surface area contributed by atoms with E-state index >= 15 is 0 Å². The van der Waals surface area contributed by atoms with Gasteiger partial charge in [0.1, 0.15) is 11.9 Å². The summed E-state index contributed by atoms with van der Waals surface area (Å²) in [5, 5.41) is 11.2. The highest BCUT2D eigenvalue weighted by Crippen LogP contribution is 2.38. The highest BCUT2D eigenvalue weighted by Gasteiger charge is 2.45. The predicted molar refractivity (Wildman–Crippen MR) is 73.1 cm³/mol. The van der Waals surface area contributed by atoms with Crippen molar-refractivity contribution in [3.63, 3.8) is 0 Å². The van der Waals surface area contributed by atoms with Crippen molar-refractivity contribution >= 4 is 23.0 Å². The Bertz CT molecular complexity index is 619. The van der Waals surface area contributed by atoms with E-state index in [-0.39, 0.29) is 23.6 Å². The summed E-state index contributed by atoms with van der Waals surface area (Å²) in [5.41, 5.74) is -0.282. The Labute approximate surface area is 128 Å². The molecule has 0 saturated carbocycles. The lowest BCUT2D eigenvalue weighted by molar-refractivity contribution is -0.386. The predicted octanol–water partition coefficient (Wildman–Crippen LogP) is 1.20. The Morgan fingerprint density at radius 3 is 2.77 bits per heavy atom. The second-order valence-corrected chi connectivity index (χ2v) is 4.96.